The minimum Gasteiger partial charge on any atom is -0.393 e. The average Bonchev–Trinajstić information content (AvgIpc) is 2.63. The molecule has 0 radical (unpaired) electrons. The molecule has 3 rings (SSSR count). The SMILES string of the molecule is O=C(c1ccc(C#Cc2ccc(F)c(F)c2)cc1)N1CCC(O)CC1. The van der Waals surface area contributed by atoms with Crippen LogP contribution in [0.2, 0.25) is 0 Å². The zero-order valence-electron chi connectivity index (χ0n) is 13.5. The molecule has 2 aromatic rings. The van der Waals surface area contributed by atoms with Crippen molar-refractivity contribution in [3.63, 3.8) is 0 Å². The second kappa shape index (κ2) is 7.45. The van der Waals surface area contributed by atoms with Crippen LogP contribution >= 0.6 is 0 Å². The van der Waals surface area contributed by atoms with Gasteiger partial charge in [0.2, 0.25) is 0 Å². The van der Waals surface area contributed by atoms with Crippen LogP contribution in [0, 0.1) is 23.5 Å². The van der Waals surface area contributed by atoms with Crippen molar-refractivity contribution < 1.29 is 18.7 Å². The molecule has 0 bridgehead atoms. The molecule has 1 N–H and O–H groups in total. The third kappa shape index (κ3) is 4.23. The Kier molecular flexibility index (Phi) is 5.11. The van der Waals surface area contributed by atoms with E-state index in [1.807, 2.05) is 0 Å². The fourth-order valence-electron chi connectivity index (χ4n) is 2.67. The molecule has 1 amide bonds. The molecule has 1 fully saturated rings. The minimum absolute atomic E-state index is 0.0629. The molecule has 0 aliphatic carbocycles. The Bertz CT molecular complexity index is 829. The first-order valence-electron chi connectivity index (χ1n) is 8.07. The van der Waals surface area contributed by atoms with Gasteiger partial charge in [-0.25, -0.2) is 8.78 Å². The van der Waals surface area contributed by atoms with Gasteiger partial charge < -0.3 is 10.0 Å². The number of rotatable bonds is 1. The van der Waals surface area contributed by atoms with Gasteiger partial charge in [0.25, 0.3) is 5.91 Å². The standard InChI is InChI=1S/C20H17F2NO2/c21-18-8-5-15(13-19(18)22)2-1-14-3-6-16(7-4-14)20(25)23-11-9-17(24)10-12-23/h3-8,13,17,24H,9-12H2. The number of aliphatic hydroxyl groups is 1. The van der Waals surface area contributed by atoms with Crippen LogP contribution in [-0.4, -0.2) is 35.1 Å². The summed E-state index contributed by atoms with van der Waals surface area (Å²) in [5.74, 6) is 3.73. The van der Waals surface area contributed by atoms with Crippen molar-refractivity contribution in [1.82, 2.24) is 4.90 Å². The Morgan fingerprint density at radius 2 is 1.56 bits per heavy atom. The monoisotopic (exact) mass is 341 g/mol. The molecule has 25 heavy (non-hydrogen) atoms. The highest BCUT2D eigenvalue weighted by atomic mass is 19.2. The first-order chi connectivity index (χ1) is 12.0. The molecule has 0 unspecified atom stereocenters. The van der Waals surface area contributed by atoms with E-state index in [9.17, 15) is 18.7 Å². The van der Waals surface area contributed by atoms with Gasteiger partial charge >= 0.3 is 0 Å². The highest BCUT2D eigenvalue weighted by Gasteiger charge is 2.22. The lowest BCUT2D eigenvalue weighted by Crippen LogP contribution is -2.40. The van der Waals surface area contributed by atoms with E-state index in [4.69, 9.17) is 0 Å². The quantitative estimate of drug-likeness (QED) is 0.810. The van der Waals surface area contributed by atoms with Crippen LogP contribution in [0.15, 0.2) is 42.5 Å². The first kappa shape index (κ1) is 17.1. The van der Waals surface area contributed by atoms with Crippen molar-refractivity contribution >= 4 is 5.91 Å². The molecule has 1 heterocycles. The first-order valence-corrected chi connectivity index (χ1v) is 8.07. The molecule has 0 saturated carbocycles. The molecule has 0 aromatic heterocycles. The van der Waals surface area contributed by atoms with Crippen molar-refractivity contribution in [2.24, 2.45) is 0 Å². The number of hydrogen-bond acceptors (Lipinski definition) is 2. The van der Waals surface area contributed by atoms with Crippen molar-refractivity contribution in [2.75, 3.05) is 13.1 Å². The Balaban J connectivity index is 1.69. The van der Waals surface area contributed by atoms with Crippen LogP contribution in [0.3, 0.4) is 0 Å². The van der Waals surface area contributed by atoms with E-state index in [0.29, 0.717) is 42.6 Å². The minimum atomic E-state index is -0.931. The average molecular weight is 341 g/mol. The fraction of sp³-hybridized carbons (Fsp3) is 0.250. The summed E-state index contributed by atoms with van der Waals surface area (Å²) in [7, 11) is 0. The molecular weight excluding hydrogens is 324 g/mol. The highest BCUT2D eigenvalue weighted by molar-refractivity contribution is 5.94. The highest BCUT2D eigenvalue weighted by Crippen LogP contribution is 2.14. The molecule has 1 saturated heterocycles. The number of carbonyl (C=O) groups excluding carboxylic acids is 1. The van der Waals surface area contributed by atoms with Gasteiger partial charge in [-0.2, -0.15) is 0 Å². The van der Waals surface area contributed by atoms with Crippen LogP contribution in [0.1, 0.15) is 34.3 Å². The maximum absolute atomic E-state index is 13.1. The van der Waals surface area contributed by atoms with E-state index < -0.39 is 11.6 Å². The van der Waals surface area contributed by atoms with E-state index in [1.54, 1.807) is 29.2 Å². The van der Waals surface area contributed by atoms with Gasteiger partial charge in [0.05, 0.1) is 6.10 Å². The lowest BCUT2D eigenvalue weighted by atomic mass is 10.1. The molecule has 3 nitrogen and oxygen atoms in total. The molecule has 2 aromatic carbocycles. The van der Waals surface area contributed by atoms with E-state index >= 15 is 0 Å². The number of nitrogens with zero attached hydrogens (tertiary/aromatic N) is 1. The topological polar surface area (TPSA) is 40.5 Å². The maximum Gasteiger partial charge on any atom is 0.253 e. The molecule has 1 aliphatic heterocycles. The van der Waals surface area contributed by atoms with Gasteiger partial charge in [-0.15, -0.1) is 0 Å². The molecule has 1 aliphatic rings. The van der Waals surface area contributed by atoms with Gasteiger partial charge in [0.1, 0.15) is 0 Å². The molecule has 5 heteroatoms. The zero-order chi connectivity index (χ0) is 17.8. The van der Waals surface area contributed by atoms with Crippen LogP contribution in [0.5, 0.6) is 0 Å². The van der Waals surface area contributed by atoms with E-state index in [2.05, 4.69) is 11.8 Å². The van der Waals surface area contributed by atoms with Gasteiger partial charge in [0.15, 0.2) is 11.6 Å². The summed E-state index contributed by atoms with van der Waals surface area (Å²) >= 11 is 0. The van der Waals surface area contributed by atoms with Gasteiger partial charge in [-0.05, 0) is 55.3 Å². The van der Waals surface area contributed by atoms with Gasteiger partial charge in [0, 0.05) is 29.8 Å². The van der Waals surface area contributed by atoms with Crippen LogP contribution in [0.4, 0.5) is 8.78 Å². The summed E-state index contributed by atoms with van der Waals surface area (Å²) in [6.07, 6.45) is 0.880. The van der Waals surface area contributed by atoms with Gasteiger partial charge in [-0.3, -0.25) is 4.79 Å². The van der Waals surface area contributed by atoms with Gasteiger partial charge in [-0.1, -0.05) is 11.8 Å². The second-order valence-electron chi connectivity index (χ2n) is 5.98. The predicted molar refractivity (Wildman–Crippen MR) is 89.9 cm³/mol. The lowest BCUT2D eigenvalue weighted by molar-refractivity contribution is 0.0546. The molecule has 0 atom stereocenters. The molecule has 128 valence electrons. The number of carbonyl (C=O) groups is 1. The number of aliphatic hydroxyl groups excluding tert-OH is 1. The maximum atomic E-state index is 13.1. The van der Waals surface area contributed by atoms with Crippen LogP contribution in [0.25, 0.3) is 0 Å². The Hall–Kier alpha value is -2.71. The summed E-state index contributed by atoms with van der Waals surface area (Å²) in [6.45, 7) is 1.11. The van der Waals surface area contributed by atoms with Crippen molar-refractivity contribution in [2.45, 2.75) is 18.9 Å². The van der Waals surface area contributed by atoms with E-state index in [1.165, 1.54) is 6.07 Å². The lowest BCUT2D eigenvalue weighted by Gasteiger charge is -2.29. The Morgan fingerprint density at radius 1 is 0.960 bits per heavy atom. The Morgan fingerprint density at radius 3 is 2.20 bits per heavy atom. The number of hydrogen-bond donors (Lipinski definition) is 1. The van der Waals surface area contributed by atoms with E-state index in [-0.39, 0.29) is 12.0 Å². The van der Waals surface area contributed by atoms with Crippen LogP contribution < -0.4 is 0 Å². The number of piperidine rings is 1. The summed E-state index contributed by atoms with van der Waals surface area (Å²) in [5.41, 5.74) is 1.62. The summed E-state index contributed by atoms with van der Waals surface area (Å²) in [4.78, 5) is 14.1. The van der Waals surface area contributed by atoms with Crippen molar-refractivity contribution in [3.8, 4) is 11.8 Å². The third-order valence-electron chi connectivity index (χ3n) is 4.15. The van der Waals surface area contributed by atoms with Crippen LogP contribution in [-0.2, 0) is 0 Å². The number of benzene rings is 2. The van der Waals surface area contributed by atoms with Crippen molar-refractivity contribution in [1.29, 1.82) is 0 Å². The number of halogens is 2. The van der Waals surface area contributed by atoms with E-state index in [0.717, 1.165) is 12.1 Å². The molecule has 0 spiro atoms. The smallest absolute Gasteiger partial charge is 0.253 e. The zero-order valence-corrected chi connectivity index (χ0v) is 13.5. The largest absolute Gasteiger partial charge is 0.393 e. The fourth-order valence-corrected chi connectivity index (χ4v) is 2.67. The normalized spacial score (nSPS) is 14.8. The Labute approximate surface area is 144 Å². The summed E-state index contributed by atoms with van der Waals surface area (Å²) in [6, 6.07) is 10.3. The summed E-state index contributed by atoms with van der Waals surface area (Å²) < 4.78 is 26.0. The predicted octanol–water partition coefficient (Wildman–Crippen LogP) is 2.96. The summed E-state index contributed by atoms with van der Waals surface area (Å²) in [5, 5.41) is 9.50. The van der Waals surface area contributed by atoms with Crippen molar-refractivity contribution in [3.05, 3.63) is 70.8 Å². The number of amides is 1. The number of likely N-dealkylation sites (tertiary alicyclic amines) is 1. The second-order valence-corrected chi connectivity index (χ2v) is 5.98. The molecular formula is C20H17F2NO2. The third-order valence-corrected chi connectivity index (χ3v) is 4.15.